The van der Waals surface area contributed by atoms with Crippen molar-refractivity contribution in [3.8, 4) is 5.19 Å². The van der Waals surface area contributed by atoms with Crippen LogP contribution < -0.4 is 14.5 Å². The number of benzene rings is 2. The molecule has 1 unspecified atom stereocenters. The van der Waals surface area contributed by atoms with Gasteiger partial charge in [-0.05, 0) is 69.5 Å². The Labute approximate surface area is 257 Å². The van der Waals surface area contributed by atoms with Crippen molar-refractivity contribution in [1.82, 2.24) is 10.2 Å². The summed E-state index contributed by atoms with van der Waals surface area (Å²) in [7, 11) is 1.64. The number of carbonyl (C=O) groups excluding carboxylic acids is 2. The average Bonchev–Trinajstić information content (AvgIpc) is 3.44. The zero-order valence-electron chi connectivity index (χ0n) is 24.7. The molecule has 2 aromatic carbocycles. The van der Waals surface area contributed by atoms with Crippen LogP contribution in [0.1, 0.15) is 43.8 Å². The van der Waals surface area contributed by atoms with Crippen LogP contribution in [0.4, 0.5) is 28.9 Å². The first-order valence-electron chi connectivity index (χ1n) is 13.3. The summed E-state index contributed by atoms with van der Waals surface area (Å²) in [6, 6.07) is 11.1. The van der Waals surface area contributed by atoms with Crippen LogP contribution >= 0.6 is 22.9 Å². The van der Waals surface area contributed by atoms with Crippen molar-refractivity contribution in [3.63, 3.8) is 0 Å². The monoisotopic (exact) mass is 646 g/mol. The van der Waals surface area contributed by atoms with Crippen LogP contribution in [0.3, 0.4) is 0 Å². The lowest BCUT2D eigenvalue weighted by Crippen LogP contribution is -2.43. The van der Waals surface area contributed by atoms with Gasteiger partial charge in [0.05, 0.1) is 18.3 Å². The molecule has 0 radical (unpaired) electrons. The molecule has 3 aromatic rings. The third kappa shape index (κ3) is 10.1. The van der Waals surface area contributed by atoms with Crippen molar-refractivity contribution < 1.29 is 36.6 Å². The van der Waals surface area contributed by atoms with Crippen molar-refractivity contribution in [1.29, 1.82) is 0 Å². The van der Waals surface area contributed by atoms with Crippen LogP contribution in [0.25, 0.3) is 0 Å². The molecule has 0 spiro atoms. The van der Waals surface area contributed by atoms with Crippen molar-refractivity contribution >= 4 is 46.1 Å². The van der Waals surface area contributed by atoms with E-state index in [2.05, 4.69) is 23.2 Å². The van der Waals surface area contributed by atoms with Gasteiger partial charge in [-0.25, -0.2) is 4.39 Å². The lowest BCUT2D eigenvalue weighted by atomic mass is 10.0. The molecule has 0 aliphatic heterocycles. The largest absolute Gasteiger partial charge is 0.459 e. The standard InChI is InChI=1S/C15H22ClNO2.C14H13F4N3O2S/c1-5-13-8-6-7-11(2)15(13)17(14(18)9-16)12(3)10-19-4;1-8(2)21(10-5-3-9(15)4-6-10)11(22)7-23-13-20-19-12(24-13)14(16,17)18/h6-8,12H,5,9-10H2,1-4H3;3-6,8H,7H2,1-2H3. The number of hydrogen-bond acceptors (Lipinski definition) is 7. The third-order valence-electron chi connectivity index (χ3n) is 6.03. The number of hydrogen-bond donors (Lipinski definition) is 0. The molecule has 0 bridgehead atoms. The van der Waals surface area contributed by atoms with Gasteiger partial charge in [0, 0.05) is 18.8 Å². The molecule has 8 nitrogen and oxygen atoms in total. The Bertz CT molecular complexity index is 1340. The minimum absolute atomic E-state index is 0.0223. The number of ether oxygens (including phenoxy) is 2. The Morgan fingerprint density at radius 1 is 1.02 bits per heavy atom. The van der Waals surface area contributed by atoms with Crippen LogP contribution in [0.15, 0.2) is 42.5 Å². The Balaban J connectivity index is 0.000000309. The number of para-hydroxylation sites is 1. The van der Waals surface area contributed by atoms with Crippen LogP contribution in [-0.2, 0) is 26.9 Å². The number of alkyl halides is 4. The van der Waals surface area contributed by atoms with Crippen molar-refractivity contribution in [3.05, 3.63) is 64.4 Å². The maximum Gasteiger partial charge on any atom is 0.445 e. The van der Waals surface area contributed by atoms with E-state index in [1.54, 1.807) is 25.9 Å². The smallest absolute Gasteiger partial charge is 0.445 e. The Morgan fingerprint density at radius 2 is 1.67 bits per heavy atom. The second-order valence-corrected chi connectivity index (χ2v) is 10.8. The molecule has 1 atom stereocenters. The summed E-state index contributed by atoms with van der Waals surface area (Å²) >= 11 is 5.97. The molecule has 1 aromatic heterocycles. The first-order chi connectivity index (χ1) is 20.2. The van der Waals surface area contributed by atoms with Gasteiger partial charge in [-0.15, -0.1) is 16.7 Å². The van der Waals surface area contributed by atoms with E-state index in [0.29, 0.717) is 12.3 Å². The first-order valence-corrected chi connectivity index (χ1v) is 14.7. The normalized spacial score (nSPS) is 11.9. The lowest BCUT2D eigenvalue weighted by molar-refractivity contribution is -0.138. The molecule has 43 heavy (non-hydrogen) atoms. The number of amides is 2. The van der Waals surface area contributed by atoms with E-state index in [1.807, 2.05) is 26.0 Å². The molecule has 0 N–H and O–H groups in total. The molecule has 0 saturated heterocycles. The van der Waals surface area contributed by atoms with Crippen molar-refractivity contribution in [2.45, 2.75) is 59.3 Å². The molecule has 0 aliphatic rings. The summed E-state index contributed by atoms with van der Waals surface area (Å²) in [6.45, 7) is 9.54. The maximum absolute atomic E-state index is 13.0. The minimum atomic E-state index is -4.61. The van der Waals surface area contributed by atoms with E-state index in [-0.39, 0.29) is 40.4 Å². The quantitative estimate of drug-likeness (QED) is 0.171. The molecular weight excluding hydrogens is 612 g/mol. The summed E-state index contributed by atoms with van der Waals surface area (Å²) in [5.74, 6) is -1.05. The fourth-order valence-corrected chi connectivity index (χ4v) is 4.92. The predicted molar refractivity (Wildman–Crippen MR) is 160 cm³/mol. The summed E-state index contributed by atoms with van der Waals surface area (Å²) in [5, 5.41) is 4.72. The fraction of sp³-hybridized carbons (Fsp3) is 0.448. The van der Waals surface area contributed by atoms with Gasteiger partial charge in [0.1, 0.15) is 11.7 Å². The van der Waals surface area contributed by atoms with E-state index in [0.717, 1.165) is 23.2 Å². The third-order valence-corrected chi connectivity index (χ3v) is 7.14. The number of rotatable bonds is 11. The highest BCUT2D eigenvalue weighted by Crippen LogP contribution is 2.34. The number of aromatic nitrogens is 2. The average molecular weight is 647 g/mol. The summed E-state index contributed by atoms with van der Waals surface area (Å²) in [4.78, 5) is 27.6. The van der Waals surface area contributed by atoms with Gasteiger partial charge in [-0.1, -0.05) is 41.6 Å². The second-order valence-electron chi connectivity index (χ2n) is 9.63. The Kier molecular flexibility index (Phi) is 13.8. The van der Waals surface area contributed by atoms with Crippen molar-refractivity contribution in [2.24, 2.45) is 0 Å². The highest BCUT2D eigenvalue weighted by atomic mass is 35.5. The highest BCUT2D eigenvalue weighted by molar-refractivity contribution is 7.13. The maximum atomic E-state index is 13.0. The zero-order valence-corrected chi connectivity index (χ0v) is 26.3. The van der Waals surface area contributed by atoms with Gasteiger partial charge in [0.15, 0.2) is 6.61 Å². The van der Waals surface area contributed by atoms with Gasteiger partial charge in [0.25, 0.3) is 11.1 Å². The number of aryl methyl sites for hydroxylation is 2. The Morgan fingerprint density at radius 3 is 2.19 bits per heavy atom. The number of anilines is 2. The molecule has 2 amide bonds. The molecule has 14 heteroatoms. The molecule has 0 fully saturated rings. The van der Waals surface area contributed by atoms with E-state index in [9.17, 15) is 27.2 Å². The second kappa shape index (κ2) is 16.5. The lowest BCUT2D eigenvalue weighted by Gasteiger charge is -2.31. The van der Waals surface area contributed by atoms with E-state index < -0.39 is 29.5 Å². The molecular formula is C29H35ClF4N4O4S. The summed E-state index contributed by atoms with van der Waals surface area (Å²) in [6.07, 6.45) is -3.73. The molecule has 3 rings (SSSR count). The van der Waals surface area contributed by atoms with Gasteiger partial charge in [0.2, 0.25) is 10.9 Å². The van der Waals surface area contributed by atoms with E-state index in [4.69, 9.17) is 21.1 Å². The molecule has 1 heterocycles. The molecule has 0 aliphatic carbocycles. The number of carbonyl (C=O) groups is 2. The van der Waals surface area contributed by atoms with Crippen LogP contribution in [0.2, 0.25) is 0 Å². The van der Waals surface area contributed by atoms with Crippen molar-refractivity contribution in [2.75, 3.05) is 36.0 Å². The minimum Gasteiger partial charge on any atom is -0.459 e. The van der Waals surface area contributed by atoms with E-state index in [1.165, 1.54) is 29.2 Å². The SMILES string of the molecule is CC(C)N(C(=O)COc1nnc(C(F)(F)F)s1)c1ccc(F)cc1.CCc1cccc(C)c1N(C(=O)CCl)C(C)COC. The van der Waals surface area contributed by atoms with Crippen LogP contribution in [0.5, 0.6) is 5.19 Å². The highest BCUT2D eigenvalue weighted by Gasteiger charge is 2.36. The van der Waals surface area contributed by atoms with Gasteiger partial charge >= 0.3 is 6.18 Å². The van der Waals surface area contributed by atoms with Gasteiger partial charge in [-0.2, -0.15) is 13.2 Å². The fourth-order valence-electron chi connectivity index (χ4n) is 4.23. The molecule has 0 saturated carbocycles. The first kappa shape index (κ1) is 35.9. The predicted octanol–water partition coefficient (Wildman–Crippen LogP) is 6.68. The van der Waals surface area contributed by atoms with E-state index >= 15 is 0 Å². The Hall–Kier alpha value is -3.29. The van der Waals surface area contributed by atoms with Crippen LogP contribution in [0, 0.1) is 12.7 Å². The summed E-state index contributed by atoms with van der Waals surface area (Å²) in [5.41, 5.74) is 3.66. The number of nitrogens with zero attached hydrogens (tertiary/aromatic N) is 4. The number of halogens is 5. The topological polar surface area (TPSA) is 84.9 Å². The summed E-state index contributed by atoms with van der Waals surface area (Å²) < 4.78 is 60.5. The zero-order chi connectivity index (χ0) is 32.3. The number of methoxy groups -OCH3 is 1. The van der Waals surface area contributed by atoms with Crippen LogP contribution in [-0.4, -0.2) is 60.3 Å². The van der Waals surface area contributed by atoms with Gasteiger partial charge < -0.3 is 19.3 Å². The molecule has 236 valence electrons. The van der Waals surface area contributed by atoms with Gasteiger partial charge in [-0.3, -0.25) is 9.59 Å².